The summed E-state index contributed by atoms with van der Waals surface area (Å²) in [4.78, 5) is 5.87. The highest BCUT2D eigenvalue weighted by atomic mass is 32.1. The molecule has 2 aromatic heterocycles. The van der Waals surface area contributed by atoms with Gasteiger partial charge in [0, 0.05) is 31.9 Å². The van der Waals surface area contributed by atoms with Crippen molar-refractivity contribution in [3.63, 3.8) is 0 Å². The normalized spacial score (nSPS) is 11.2. The van der Waals surface area contributed by atoms with Gasteiger partial charge in [-0.1, -0.05) is 11.3 Å². The number of rotatable bonds is 9. The van der Waals surface area contributed by atoms with Gasteiger partial charge < -0.3 is 24.3 Å². The Balaban J connectivity index is 1.88. The first-order valence-corrected chi connectivity index (χ1v) is 10.5. The highest BCUT2D eigenvalue weighted by Crippen LogP contribution is 2.39. The quantitative estimate of drug-likeness (QED) is 0.391. The Morgan fingerprint density at radius 2 is 1.67 bits per heavy atom. The van der Waals surface area contributed by atoms with Gasteiger partial charge in [0.2, 0.25) is 0 Å². The number of fused-ring (bicyclic) bond motifs is 3. The molecule has 0 amide bonds. The van der Waals surface area contributed by atoms with Gasteiger partial charge in [0.1, 0.15) is 28.8 Å². The maximum Gasteiger partial charge on any atom is 0.197 e. The SMILES string of the molecule is COCCCNc1c(-c2cc(OC)cc(OC)c2)nc2sc3cc(OC)ccc3n12. The predicted molar refractivity (Wildman–Crippen MR) is 121 cm³/mol. The summed E-state index contributed by atoms with van der Waals surface area (Å²) < 4.78 is 24.8. The third-order valence-electron chi connectivity index (χ3n) is 4.90. The highest BCUT2D eigenvalue weighted by Gasteiger charge is 2.20. The van der Waals surface area contributed by atoms with Crippen LogP contribution >= 0.6 is 11.3 Å². The lowest BCUT2D eigenvalue weighted by Gasteiger charge is -2.11. The largest absolute Gasteiger partial charge is 0.497 e. The number of nitrogens with zero attached hydrogens (tertiary/aromatic N) is 2. The Kier molecular flexibility index (Phi) is 5.96. The maximum atomic E-state index is 5.46. The van der Waals surface area contributed by atoms with Crippen molar-refractivity contribution in [1.82, 2.24) is 9.38 Å². The monoisotopic (exact) mass is 427 g/mol. The fourth-order valence-electron chi connectivity index (χ4n) is 3.41. The summed E-state index contributed by atoms with van der Waals surface area (Å²) in [6.07, 6.45) is 0.889. The van der Waals surface area contributed by atoms with E-state index in [-0.39, 0.29) is 0 Å². The van der Waals surface area contributed by atoms with Crippen LogP contribution in [0.1, 0.15) is 6.42 Å². The van der Waals surface area contributed by atoms with Crippen molar-refractivity contribution in [1.29, 1.82) is 0 Å². The molecule has 0 atom stereocenters. The number of ether oxygens (including phenoxy) is 4. The molecule has 4 aromatic rings. The molecule has 2 aromatic carbocycles. The van der Waals surface area contributed by atoms with Crippen molar-refractivity contribution >= 4 is 32.3 Å². The van der Waals surface area contributed by atoms with Crippen LogP contribution in [0.3, 0.4) is 0 Å². The molecule has 0 aliphatic carbocycles. The Morgan fingerprint density at radius 3 is 2.33 bits per heavy atom. The van der Waals surface area contributed by atoms with Gasteiger partial charge in [0.25, 0.3) is 0 Å². The molecule has 0 spiro atoms. The number of anilines is 1. The fraction of sp³-hybridized carbons (Fsp3) is 0.318. The second-order valence-corrected chi connectivity index (χ2v) is 7.75. The fourth-order valence-corrected chi connectivity index (χ4v) is 4.46. The van der Waals surface area contributed by atoms with Crippen molar-refractivity contribution in [3.05, 3.63) is 36.4 Å². The van der Waals surface area contributed by atoms with Gasteiger partial charge in [0.15, 0.2) is 4.96 Å². The van der Waals surface area contributed by atoms with Crippen molar-refractivity contribution in [3.8, 4) is 28.5 Å². The Hall–Kier alpha value is -2.97. The van der Waals surface area contributed by atoms with E-state index >= 15 is 0 Å². The molecule has 30 heavy (non-hydrogen) atoms. The Labute approximate surface area is 179 Å². The summed E-state index contributed by atoms with van der Waals surface area (Å²) in [6.45, 7) is 1.46. The Bertz CT molecular complexity index is 1150. The molecule has 7 nitrogen and oxygen atoms in total. The second kappa shape index (κ2) is 8.81. The number of thiazole rings is 1. The van der Waals surface area contributed by atoms with E-state index in [1.807, 2.05) is 30.3 Å². The first kappa shape index (κ1) is 20.3. The van der Waals surface area contributed by atoms with Gasteiger partial charge >= 0.3 is 0 Å². The van der Waals surface area contributed by atoms with Gasteiger partial charge in [-0.05, 0) is 36.8 Å². The minimum atomic E-state index is 0.693. The van der Waals surface area contributed by atoms with E-state index in [1.165, 1.54) is 0 Å². The molecular weight excluding hydrogens is 402 g/mol. The summed E-state index contributed by atoms with van der Waals surface area (Å²) >= 11 is 1.63. The number of hydrogen-bond acceptors (Lipinski definition) is 7. The van der Waals surface area contributed by atoms with E-state index in [0.29, 0.717) is 6.61 Å². The summed E-state index contributed by atoms with van der Waals surface area (Å²) in [6, 6.07) is 11.9. The van der Waals surface area contributed by atoms with Crippen LogP contribution in [0.2, 0.25) is 0 Å². The number of hydrogen-bond donors (Lipinski definition) is 1. The molecule has 2 heterocycles. The van der Waals surface area contributed by atoms with Crippen LogP contribution in [0.25, 0.3) is 26.4 Å². The summed E-state index contributed by atoms with van der Waals surface area (Å²) in [7, 11) is 6.69. The van der Waals surface area contributed by atoms with Gasteiger partial charge in [-0.3, -0.25) is 4.40 Å². The molecule has 0 saturated heterocycles. The molecule has 0 bridgehead atoms. The molecule has 0 unspecified atom stereocenters. The predicted octanol–water partition coefficient (Wildman–Crippen LogP) is 4.69. The minimum absolute atomic E-state index is 0.693. The van der Waals surface area contributed by atoms with Crippen LogP contribution in [-0.2, 0) is 4.74 Å². The zero-order valence-corrected chi connectivity index (χ0v) is 18.3. The van der Waals surface area contributed by atoms with Crippen LogP contribution < -0.4 is 19.5 Å². The molecule has 0 aliphatic rings. The van der Waals surface area contributed by atoms with Gasteiger partial charge in [0.05, 0.1) is 31.5 Å². The van der Waals surface area contributed by atoms with Crippen LogP contribution in [0.4, 0.5) is 5.82 Å². The lowest BCUT2D eigenvalue weighted by atomic mass is 10.1. The summed E-state index contributed by atoms with van der Waals surface area (Å²) in [5, 5.41) is 3.57. The van der Waals surface area contributed by atoms with Gasteiger partial charge in [-0.15, -0.1) is 0 Å². The van der Waals surface area contributed by atoms with Crippen molar-refractivity contribution in [2.75, 3.05) is 46.9 Å². The van der Waals surface area contributed by atoms with Crippen LogP contribution in [-0.4, -0.2) is 51.0 Å². The maximum absolute atomic E-state index is 5.46. The van der Waals surface area contributed by atoms with Crippen molar-refractivity contribution < 1.29 is 18.9 Å². The van der Waals surface area contributed by atoms with E-state index in [1.54, 1.807) is 39.8 Å². The number of methoxy groups -OCH3 is 4. The smallest absolute Gasteiger partial charge is 0.197 e. The molecule has 0 fully saturated rings. The van der Waals surface area contributed by atoms with E-state index in [0.717, 1.165) is 62.5 Å². The zero-order valence-electron chi connectivity index (χ0n) is 17.5. The molecular formula is C22H25N3O4S. The molecule has 4 rings (SSSR count). The van der Waals surface area contributed by atoms with E-state index < -0.39 is 0 Å². The van der Waals surface area contributed by atoms with E-state index in [9.17, 15) is 0 Å². The standard InChI is InChI=1S/C22H25N3O4S/c1-26-9-5-8-23-21-20(14-10-16(28-3)12-17(11-14)29-4)24-22-25(21)18-7-6-15(27-2)13-19(18)30-22/h6-7,10-13,23H,5,8-9H2,1-4H3. The minimum Gasteiger partial charge on any atom is -0.497 e. The first-order valence-electron chi connectivity index (χ1n) is 9.63. The average Bonchev–Trinajstić information content (AvgIpc) is 3.31. The number of nitrogens with one attached hydrogen (secondary N) is 1. The second-order valence-electron chi connectivity index (χ2n) is 6.74. The summed E-state index contributed by atoms with van der Waals surface area (Å²) in [5.41, 5.74) is 2.87. The lowest BCUT2D eigenvalue weighted by Crippen LogP contribution is -2.07. The first-order chi connectivity index (χ1) is 14.7. The molecule has 0 aliphatic heterocycles. The topological polar surface area (TPSA) is 66.2 Å². The van der Waals surface area contributed by atoms with Crippen LogP contribution in [0.5, 0.6) is 17.2 Å². The highest BCUT2D eigenvalue weighted by molar-refractivity contribution is 7.23. The zero-order chi connectivity index (χ0) is 21.1. The Morgan fingerprint density at radius 1 is 0.933 bits per heavy atom. The molecule has 0 radical (unpaired) electrons. The van der Waals surface area contributed by atoms with Crippen molar-refractivity contribution in [2.24, 2.45) is 0 Å². The number of benzene rings is 2. The van der Waals surface area contributed by atoms with E-state index in [4.69, 9.17) is 23.9 Å². The van der Waals surface area contributed by atoms with Gasteiger partial charge in [-0.25, -0.2) is 4.98 Å². The molecule has 1 N–H and O–H groups in total. The number of aromatic nitrogens is 2. The molecule has 8 heteroatoms. The van der Waals surface area contributed by atoms with Crippen molar-refractivity contribution in [2.45, 2.75) is 6.42 Å². The van der Waals surface area contributed by atoms with E-state index in [2.05, 4.69) is 15.8 Å². The third kappa shape index (κ3) is 3.76. The molecule has 158 valence electrons. The van der Waals surface area contributed by atoms with Crippen LogP contribution in [0.15, 0.2) is 36.4 Å². The van der Waals surface area contributed by atoms with Gasteiger partial charge in [-0.2, -0.15) is 0 Å². The summed E-state index contributed by atoms with van der Waals surface area (Å²) in [5.74, 6) is 3.22. The average molecular weight is 428 g/mol. The molecule has 0 saturated carbocycles. The van der Waals surface area contributed by atoms with Crippen LogP contribution in [0, 0.1) is 0 Å². The third-order valence-corrected chi connectivity index (χ3v) is 5.90. The number of imidazole rings is 1. The lowest BCUT2D eigenvalue weighted by molar-refractivity contribution is 0.198.